The third-order valence-electron chi connectivity index (χ3n) is 5.59. The van der Waals surface area contributed by atoms with Crippen molar-refractivity contribution in [3.63, 3.8) is 0 Å². The summed E-state index contributed by atoms with van der Waals surface area (Å²) in [5.41, 5.74) is 2.35. The van der Waals surface area contributed by atoms with E-state index < -0.39 is 5.60 Å². The van der Waals surface area contributed by atoms with Gasteiger partial charge in [-0.1, -0.05) is 0 Å². The molecular formula is C26H27N5O4S. The van der Waals surface area contributed by atoms with Gasteiger partial charge >= 0.3 is 6.09 Å². The van der Waals surface area contributed by atoms with Crippen LogP contribution in [0.3, 0.4) is 0 Å². The topological polar surface area (TPSA) is 98.7 Å². The lowest BCUT2D eigenvalue weighted by Gasteiger charge is -2.24. The number of carbonyl (C=O) groups is 1. The van der Waals surface area contributed by atoms with E-state index in [-0.39, 0.29) is 6.09 Å². The second-order valence-corrected chi connectivity index (χ2v) is 10.6. The molecule has 9 nitrogen and oxygen atoms in total. The first-order chi connectivity index (χ1) is 17.2. The van der Waals surface area contributed by atoms with E-state index in [9.17, 15) is 4.79 Å². The normalized spacial score (nSPS) is 13.0. The van der Waals surface area contributed by atoms with E-state index in [2.05, 4.69) is 20.3 Å². The van der Waals surface area contributed by atoms with Gasteiger partial charge in [-0.15, -0.1) is 11.3 Å². The van der Waals surface area contributed by atoms with Crippen molar-refractivity contribution in [3.05, 3.63) is 58.9 Å². The Morgan fingerprint density at radius 2 is 1.94 bits per heavy atom. The lowest BCUT2D eigenvalue weighted by molar-refractivity contribution is 0.0243. The highest BCUT2D eigenvalue weighted by Crippen LogP contribution is 2.40. The van der Waals surface area contributed by atoms with Crippen LogP contribution in [-0.2, 0) is 17.8 Å². The molecule has 1 N–H and O–H groups in total. The molecule has 3 aromatic heterocycles. The SMILES string of the molecule is COc1ccc(Oc2ccc(Nc3ncnc4sc5c(c34)CN(C(=O)OC(C)(C)C)C5)cc2C)cn1. The summed E-state index contributed by atoms with van der Waals surface area (Å²) in [4.78, 5) is 29.5. The Morgan fingerprint density at radius 3 is 2.64 bits per heavy atom. The van der Waals surface area contributed by atoms with E-state index in [0.29, 0.717) is 30.5 Å². The average molecular weight is 506 g/mol. The molecule has 4 heterocycles. The van der Waals surface area contributed by atoms with Crippen LogP contribution in [0.25, 0.3) is 10.2 Å². The van der Waals surface area contributed by atoms with Gasteiger partial charge in [-0.2, -0.15) is 0 Å². The Bertz CT molecular complexity index is 1430. The molecule has 5 rings (SSSR count). The first-order valence-electron chi connectivity index (χ1n) is 11.5. The highest BCUT2D eigenvalue weighted by Gasteiger charge is 2.32. The number of hydrogen-bond acceptors (Lipinski definition) is 9. The molecule has 0 unspecified atom stereocenters. The molecule has 4 aromatic rings. The number of rotatable bonds is 5. The number of thiophene rings is 1. The fraction of sp³-hybridized carbons (Fsp3) is 0.308. The molecule has 0 bridgehead atoms. The number of methoxy groups -OCH3 is 1. The third kappa shape index (κ3) is 4.90. The summed E-state index contributed by atoms with van der Waals surface area (Å²) < 4.78 is 16.6. The van der Waals surface area contributed by atoms with Crippen LogP contribution in [0.1, 0.15) is 36.8 Å². The van der Waals surface area contributed by atoms with Crippen molar-refractivity contribution >= 4 is 39.2 Å². The highest BCUT2D eigenvalue weighted by molar-refractivity contribution is 7.19. The highest BCUT2D eigenvalue weighted by atomic mass is 32.1. The lowest BCUT2D eigenvalue weighted by Crippen LogP contribution is -2.33. The molecule has 0 aliphatic carbocycles. The van der Waals surface area contributed by atoms with E-state index in [1.807, 2.05) is 52.0 Å². The van der Waals surface area contributed by atoms with Crippen LogP contribution in [-0.4, -0.2) is 38.7 Å². The number of carbonyl (C=O) groups excluding carboxylic acids is 1. The molecule has 1 aliphatic rings. The number of nitrogens with one attached hydrogen (secondary N) is 1. The Labute approximate surface area is 213 Å². The monoisotopic (exact) mass is 505 g/mol. The quantitative estimate of drug-likeness (QED) is 0.343. The number of ether oxygens (including phenoxy) is 3. The summed E-state index contributed by atoms with van der Waals surface area (Å²) in [6, 6.07) is 9.41. The van der Waals surface area contributed by atoms with Gasteiger partial charge in [0, 0.05) is 22.2 Å². The summed E-state index contributed by atoms with van der Waals surface area (Å²) in [5, 5.41) is 4.36. The molecule has 1 aromatic carbocycles. The predicted octanol–water partition coefficient (Wildman–Crippen LogP) is 6.19. The first-order valence-corrected chi connectivity index (χ1v) is 12.3. The minimum Gasteiger partial charge on any atom is -0.481 e. The molecule has 0 saturated carbocycles. The molecule has 36 heavy (non-hydrogen) atoms. The van der Waals surface area contributed by atoms with Crippen molar-refractivity contribution < 1.29 is 19.0 Å². The van der Waals surface area contributed by atoms with Gasteiger partial charge in [-0.05, 0) is 57.5 Å². The molecular weight excluding hydrogens is 478 g/mol. The van der Waals surface area contributed by atoms with Crippen molar-refractivity contribution in [1.82, 2.24) is 19.9 Å². The largest absolute Gasteiger partial charge is 0.481 e. The molecule has 0 atom stereocenters. The summed E-state index contributed by atoms with van der Waals surface area (Å²) in [6.07, 6.45) is 2.87. The Balaban J connectivity index is 1.36. The number of fused-ring (bicyclic) bond motifs is 3. The first kappa shape index (κ1) is 23.8. The predicted molar refractivity (Wildman–Crippen MR) is 138 cm³/mol. The van der Waals surface area contributed by atoms with Gasteiger partial charge in [0.15, 0.2) is 0 Å². The van der Waals surface area contributed by atoms with Crippen molar-refractivity contribution in [3.8, 4) is 17.4 Å². The van der Waals surface area contributed by atoms with E-state index in [0.717, 1.165) is 37.7 Å². The molecule has 1 amide bonds. The number of aromatic nitrogens is 3. The number of anilines is 2. The molecule has 10 heteroatoms. The number of nitrogens with zero attached hydrogens (tertiary/aromatic N) is 4. The van der Waals surface area contributed by atoms with Gasteiger partial charge in [0.1, 0.15) is 34.1 Å². The van der Waals surface area contributed by atoms with Crippen molar-refractivity contribution in [1.29, 1.82) is 0 Å². The fourth-order valence-electron chi connectivity index (χ4n) is 3.96. The molecule has 0 spiro atoms. The summed E-state index contributed by atoms with van der Waals surface area (Å²) in [6.45, 7) is 8.56. The minimum atomic E-state index is -0.539. The molecule has 0 saturated heterocycles. The summed E-state index contributed by atoms with van der Waals surface area (Å²) in [5.74, 6) is 2.59. The minimum absolute atomic E-state index is 0.316. The van der Waals surface area contributed by atoms with Gasteiger partial charge in [0.05, 0.1) is 31.8 Å². The van der Waals surface area contributed by atoms with E-state index in [4.69, 9.17) is 14.2 Å². The Hall–Kier alpha value is -3.92. The van der Waals surface area contributed by atoms with Crippen LogP contribution in [0, 0.1) is 6.92 Å². The Morgan fingerprint density at radius 1 is 1.11 bits per heavy atom. The van der Waals surface area contributed by atoms with Crippen LogP contribution in [0.15, 0.2) is 42.9 Å². The van der Waals surface area contributed by atoms with E-state index in [1.54, 1.807) is 41.9 Å². The number of benzene rings is 1. The summed E-state index contributed by atoms with van der Waals surface area (Å²) >= 11 is 1.58. The molecule has 0 radical (unpaired) electrons. The van der Waals surface area contributed by atoms with E-state index >= 15 is 0 Å². The van der Waals surface area contributed by atoms with Crippen LogP contribution in [0.5, 0.6) is 17.4 Å². The number of aryl methyl sites for hydroxylation is 1. The lowest BCUT2D eigenvalue weighted by atomic mass is 10.1. The second kappa shape index (κ2) is 9.27. The van der Waals surface area contributed by atoms with Crippen molar-refractivity contribution in [2.75, 3.05) is 12.4 Å². The van der Waals surface area contributed by atoms with Crippen LogP contribution >= 0.6 is 11.3 Å². The maximum Gasteiger partial charge on any atom is 0.410 e. The summed E-state index contributed by atoms with van der Waals surface area (Å²) in [7, 11) is 1.57. The molecule has 1 aliphatic heterocycles. The van der Waals surface area contributed by atoms with Crippen LogP contribution in [0.4, 0.5) is 16.3 Å². The van der Waals surface area contributed by atoms with Gasteiger partial charge < -0.3 is 19.5 Å². The maximum atomic E-state index is 12.6. The zero-order valence-corrected chi connectivity index (χ0v) is 21.6. The number of amides is 1. The smallest absolute Gasteiger partial charge is 0.410 e. The Kier molecular flexibility index (Phi) is 6.13. The van der Waals surface area contributed by atoms with Gasteiger partial charge in [-0.3, -0.25) is 4.90 Å². The zero-order valence-electron chi connectivity index (χ0n) is 20.8. The average Bonchev–Trinajstić information content (AvgIpc) is 3.39. The standard InChI is InChI=1S/C26H27N5O4S/c1-15-10-16(6-8-19(15)34-17-7-9-21(33-5)27-11-17)30-23-22-18-12-31(25(32)35-26(2,3)4)13-20(18)36-24(22)29-14-28-23/h6-11,14H,12-13H2,1-5H3,(H,28,29,30). The second-order valence-electron chi connectivity index (χ2n) is 9.49. The fourth-order valence-corrected chi connectivity index (χ4v) is 5.12. The third-order valence-corrected chi connectivity index (χ3v) is 6.71. The molecule has 186 valence electrons. The number of hydrogen-bond donors (Lipinski definition) is 1. The van der Waals surface area contributed by atoms with Crippen LogP contribution < -0.4 is 14.8 Å². The van der Waals surface area contributed by atoms with E-state index in [1.165, 1.54) is 0 Å². The van der Waals surface area contributed by atoms with Gasteiger partial charge in [0.25, 0.3) is 0 Å². The molecule has 0 fully saturated rings. The maximum absolute atomic E-state index is 12.6. The van der Waals surface area contributed by atoms with Crippen molar-refractivity contribution in [2.24, 2.45) is 0 Å². The zero-order chi connectivity index (χ0) is 25.4. The number of pyridine rings is 1. The van der Waals surface area contributed by atoms with Gasteiger partial charge in [-0.25, -0.2) is 19.7 Å². The van der Waals surface area contributed by atoms with Crippen molar-refractivity contribution in [2.45, 2.75) is 46.4 Å². The van der Waals surface area contributed by atoms with Gasteiger partial charge in [0.2, 0.25) is 5.88 Å². The van der Waals surface area contributed by atoms with Crippen LogP contribution in [0.2, 0.25) is 0 Å².